The van der Waals surface area contributed by atoms with E-state index in [9.17, 15) is 5.11 Å². The molecule has 0 atom stereocenters. The van der Waals surface area contributed by atoms with Crippen LogP contribution in [0.25, 0.3) is 0 Å². The maximum absolute atomic E-state index is 10.1. The molecular formula is C10H17Cl2NO. The number of aliphatic hydroxyl groups is 1. The normalized spacial score (nSPS) is 21.9. The first kappa shape index (κ1) is 12.3. The quantitative estimate of drug-likeness (QED) is 0.813. The Bertz CT molecular complexity index is 212. The Labute approximate surface area is 95.5 Å². The predicted octanol–water partition coefficient (Wildman–Crippen LogP) is 2.54. The summed E-state index contributed by atoms with van der Waals surface area (Å²) in [5.41, 5.74) is 0.870. The second-order valence-corrected chi connectivity index (χ2v) is 4.86. The monoisotopic (exact) mass is 237 g/mol. The topological polar surface area (TPSA) is 23.5 Å². The van der Waals surface area contributed by atoms with E-state index >= 15 is 0 Å². The van der Waals surface area contributed by atoms with Gasteiger partial charge >= 0.3 is 0 Å². The molecule has 0 aliphatic heterocycles. The Kier molecular flexibility index (Phi) is 4.71. The second-order valence-electron chi connectivity index (χ2n) is 4.16. The van der Waals surface area contributed by atoms with E-state index in [0.717, 1.165) is 25.7 Å². The van der Waals surface area contributed by atoms with Gasteiger partial charge in [-0.2, -0.15) is 0 Å². The fourth-order valence-corrected chi connectivity index (χ4v) is 2.31. The number of hydrogen-bond donors (Lipinski definition) is 1. The number of rotatable bonds is 4. The number of likely N-dealkylation sites (N-methyl/N-ethyl adjacent to an activating group) is 1. The molecular weight excluding hydrogens is 221 g/mol. The average molecular weight is 238 g/mol. The molecule has 0 amide bonds. The third-order valence-corrected chi connectivity index (χ3v) is 3.24. The van der Waals surface area contributed by atoms with E-state index in [4.69, 9.17) is 23.2 Å². The highest BCUT2D eigenvalue weighted by molar-refractivity contribution is 6.36. The van der Waals surface area contributed by atoms with Crippen LogP contribution in [-0.2, 0) is 0 Å². The van der Waals surface area contributed by atoms with E-state index in [1.807, 2.05) is 11.9 Å². The van der Waals surface area contributed by atoms with Gasteiger partial charge in [-0.25, -0.2) is 0 Å². The van der Waals surface area contributed by atoms with E-state index in [2.05, 4.69) is 0 Å². The minimum absolute atomic E-state index is 0.502. The summed E-state index contributed by atoms with van der Waals surface area (Å²) in [5, 5.41) is 10.7. The fourth-order valence-electron chi connectivity index (χ4n) is 2.04. The van der Waals surface area contributed by atoms with Crippen molar-refractivity contribution in [2.75, 3.05) is 20.1 Å². The molecule has 0 spiro atoms. The molecule has 1 aliphatic rings. The molecule has 0 bridgehead atoms. The van der Waals surface area contributed by atoms with Crippen LogP contribution in [0.4, 0.5) is 0 Å². The van der Waals surface area contributed by atoms with E-state index in [0.29, 0.717) is 18.1 Å². The van der Waals surface area contributed by atoms with Gasteiger partial charge in [-0.3, -0.25) is 4.90 Å². The third kappa shape index (κ3) is 3.77. The van der Waals surface area contributed by atoms with E-state index in [-0.39, 0.29) is 0 Å². The highest BCUT2D eigenvalue weighted by Crippen LogP contribution is 2.30. The van der Waals surface area contributed by atoms with Crippen LogP contribution in [-0.4, -0.2) is 35.7 Å². The van der Waals surface area contributed by atoms with Crippen molar-refractivity contribution in [3.8, 4) is 0 Å². The Balaban J connectivity index is 2.36. The van der Waals surface area contributed by atoms with E-state index in [1.165, 1.54) is 5.54 Å². The molecule has 1 fully saturated rings. The molecule has 0 aromatic rings. The molecule has 82 valence electrons. The van der Waals surface area contributed by atoms with Crippen molar-refractivity contribution in [3.05, 3.63) is 10.6 Å². The van der Waals surface area contributed by atoms with Crippen molar-refractivity contribution >= 4 is 23.2 Å². The molecule has 1 aliphatic carbocycles. The standard InChI is InChI=1S/C10H17Cl2NO/c1-13(7-9(12)6-11)8-10(14)4-2-3-5-10/h6,14H,2-5,7-8H2,1H3. The summed E-state index contributed by atoms with van der Waals surface area (Å²) >= 11 is 11.3. The van der Waals surface area contributed by atoms with Crippen molar-refractivity contribution in [3.63, 3.8) is 0 Å². The van der Waals surface area contributed by atoms with Crippen LogP contribution < -0.4 is 0 Å². The van der Waals surface area contributed by atoms with Gasteiger partial charge in [0.2, 0.25) is 0 Å². The number of hydrogen-bond acceptors (Lipinski definition) is 2. The van der Waals surface area contributed by atoms with Crippen LogP contribution in [0.2, 0.25) is 0 Å². The van der Waals surface area contributed by atoms with Gasteiger partial charge in [-0.05, 0) is 19.9 Å². The Morgan fingerprint density at radius 1 is 1.50 bits per heavy atom. The zero-order valence-electron chi connectivity index (χ0n) is 8.47. The summed E-state index contributed by atoms with van der Waals surface area (Å²) in [6.07, 6.45) is 4.06. The third-order valence-electron chi connectivity index (χ3n) is 2.64. The molecule has 1 saturated carbocycles. The summed E-state index contributed by atoms with van der Waals surface area (Å²) < 4.78 is 0. The number of nitrogens with zero attached hydrogens (tertiary/aromatic N) is 1. The molecule has 0 saturated heterocycles. The van der Waals surface area contributed by atoms with Gasteiger partial charge in [-0.15, -0.1) is 0 Å². The zero-order chi connectivity index (χ0) is 10.6. The van der Waals surface area contributed by atoms with Gasteiger partial charge in [0.25, 0.3) is 0 Å². The summed E-state index contributed by atoms with van der Waals surface area (Å²) in [6.45, 7) is 1.28. The summed E-state index contributed by atoms with van der Waals surface area (Å²) in [6, 6.07) is 0. The molecule has 0 radical (unpaired) electrons. The largest absolute Gasteiger partial charge is 0.389 e. The van der Waals surface area contributed by atoms with Crippen LogP contribution in [0.1, 0.15) is 25.7 Å². The lowest BCUT2D eigenvalue weighted by Gasteiger charge is -2.28. The van der Waals surface area contributed by atoms with Gasteiger partial charge in [0.1, 0.15) is 0 Å². The van der Waals surface area contributed by atoms with Crippen LogP contribution >= 0.6 is 23.2 Å². The maximum atomic E-state index is 10.1. The lowest BCUT2D eigenvalue weighted by Crippen LogP contribution is -2.39. The van der Waals surface area contributed by atoms with Crippen molar-refractivity contribution < 1.29 is 5.11 Å². The second kappa shape index (κ2) is 5.36. The lowest BCUT2D eigenvalue weighted by molar-refractivity contribution is 0.0190. The molecule has 0 heterocycles. The van der Waals surface area contributed by atoms with Gasteiger partial charge in [0.15, 0.2) is 0 Å². The minimum Gasteiger partial charge on any atom is -0.389 e. The van der Waals surface area contributed by atoms with Crippen molar-refractivity contribution in [2.45, 2.75) is 31.3 Å². The van der Waals surface area contributed by atoms with Crippen LogP contribution in [0.3, 0.4) is 0 Å². The summed E-state index contributed by atoms with van der Waals surface area (Å²) in [7, 11) is 1.94. The summed E-state index contributed by atoms with van der Waals surface area (Å²) in [5.74, 6) is 0. The lowest BCUT2D eigenvalue weighted by atomic mass is 10.0. The van der Waals surface area contributed by atoms with E-state index < -0.39 is 5.60 Å². The van der Waals surface area contributed by atoms with Gasteiger partial charge < -0.3 is 5.11 Å². The first-order valence-corrected chi connectivity index (χ1v) is 5.73. The first-order chi connectivity index (χ1) is 6.56. The van der Waals surface area contributed by atoms with Gasteiger partial charge in [-0.1, -0.05) is 36.0 Å². The van der Waals surface area contributed by atoms with Gasteiger partial charge in [0.05, 0.1) is 5.60 Å². The van der Waals surface area contributed by atoms with Crippen LogP contribution in [0.15, 0.2) is 10.6 Å². The molecule has 1 N–H and O–H groups in total. The Morgan fingerprint density at radius 2 is 2.07 bits per heavy atom. The zero-order valence-corrected chi connectivity index (χ0v) is 9.98. The average Bonchev–Trinajstić information content (AvgIpc) is 2.51. The highest BCUT2D eigenvalue weighted by atomic mass is 35.5. The predicted molar refractivity (Wildman–Crippen MR) is 60.7 cm³/mol. The highest BCUT2D eigenvalue weighted by Gasteiger charge is 2.32. The molecule has 1 rings (SSSR count). The molecule has 0 aromatic carbocycles. The Morgan fingerprint density at radius 3 is 2.57 bits per heavy atom. The van der Waals surface area contributed by atoms with Crippen LogP contribution in [0, 0.1) is 0 Å². The Hall–Kier alpha value is 0.240. The van der Waals surface area contributed by atoms with Crippen LogP contribution in [0.5, 0.6) is 0 Å². The molecule has 0 aromatic heterocycles. The summed E-state index contributed by atoms with van der Waals surface area (Å²) in [4.78, 5) is 2.01. The van der Waals surface area contributed by atoms with Crippen molar-refractivity contribution in [1.29, 1.82) is 0 Å². The van der Waals surface area contributed by atoms with E-state index in [1.54, 1.807) is 0 Å². The SMILES string of the molecule is CN(CC(Cl)=CCl)CC1(O)CCCC1. The minimum atomic E-state index is -0.502. The first-order valence-electron chi connectivity index (χ1n) is 4.91. The fraction of sp³-hybridized carbons (Fsp3) is 0.800. The van der Waals surface area contributed by atoms with Crippen molar-refractivity contribution in [2.24, 2.45) is 0 Å². The number of halogens is 2. The smallest absolute Gasteiger partial charge is 0.0774 e. The molecule has 4 heteroatoms. The molecule has 14 heavy (non-hydrogen) atoms. The van der Waals surface area contributed by atoms with Gasteiger partial charge in [0, 0.05) is 23.7 Å². The molecule has 0 unspecified atom stereocenters. The van der Waals surface area contributed by atoms with Crippen molar-refractivity contribution in [1.82, 2.24) is 4.90 Å². The maximum Gasteiger partial charge on any atom is 0.0774 e. The molecule has 2 nitrogen and oxygen atoms in total.